The fraction of sp³-hybridized carbons (Fsp3) is 0.500. The third-order valence-corrected chi connectivity index (χ3v) is 6.38. The van der Waals surface area contributed by atoms with E-state index in [0.29, 0.717) is 25.4 Å². The third kappa shape index (κ3) is 4.89. The van der Waals surface area contributed by atoms with Gasteiger partial charge in [0.15, 0.2) is 0 Å². The van der Waals surface area contributed by atoms with Gasteiger partial charge in [0.25, 0.3) is 0 Å². The van der Waals surface area contributed by atoms with Crippen LogP contribution in [0.15, 0.2) is 47.1 Å². The van der Waals surface area contributed by atoms with Gasteiger partial charge in [-0.2, -0.15) is 0 Å². The first-order chi connectivity index (χ1) is 14.1. The number of benzene rings is 1. The Kier molecular flexibility index (Phi) is 6.02. The van der Waals surface area contributed by atoms with Gasteiger partial charge in [-0.15, -0.1) is 0 Å². The summed E-state index contributed by atoms with van der Waals surface area (Å²) in [6.45, 7) is 4.72. The molecule has 2 aliphatic heterocycles. The van der Waals surface area contributed by atoms with Crippen molar-refractivity contribution in [3.8, 4) is 0 Å². The number of hydrogen-bond acceptors (Lipinski definition) is 3. The molecule has 2 aliphatic rings. The molecule has 3 heterocycles. The number of piperidine rings is 1. The number of nitrogens with zero attached hydrogens (tertiary/aromatic N) is 2. The Morgan fingerprint density at radius 3 is 2.59 bits per heavy atom. The molecule has 1 atom stereocenters. The maximum atomic E-state index is 12.9. The molecule has 2 fully saturated rings. The van der Waals surface area contributed by atoms with Gasteiger partial charge in [0, 0.05) is 26.1 Å². The van der Waals surface area contributed by atoms with Gasteiger partial charge in [-0.25, -0.2) is 0 Å². The van der Waals surface area contributed by atoms with Crippen molar-refractivity contribution in [3.05, 3.63) is 59.5 Å². The molecule has 0 saturated carbocycles. The molecule has 1 aromatic heterocycles. The maximum absolute atomic E-state index is 12.9. The number of amides is 2. The van der Waals surface area contributed by atoms with E-state index in [2.05, 4.69) is 31.2 Å². The van der Waals surface area contributed by atoms with Crippen LogP contribution in [0, 0.1) is 18.8 Å². The molecular weight excluding hydrogens is 364 g/mol. The van der Waals surface area contributed by atoms with E-state index in [0.717, 1.165) is 38.1 Å². The van der Waals surface area contributed by atoms with Crippen LogP contribution in [-0.4, -0.2) is 41.2 Å². The maximum Gasteiger partial charge on any atom is 0.227 e. The van der Waals surface area contributed by atoms with Crippen molar-refractivity contribution in [3.63, 3.8) is 0 Å². The van der Waals surface area contributed by atoms with Crippen molar-refractivity contribution >= 4 is 11.8 Å². The van der Waals surface area contributed by atoms with Gasteiger partial charge in [0.05, 0.1) is 18.7 Å². The minimum absolute atomic E-state index is 0.0488. The van der Waals surface area contributed by atoms with E-state index < -0.39 is 0 Å². The summed E-state index contributed by atoms with van der Waals surface area (Å²) in [5.41, 5.74) is 2.70. The van der Waals surface area contributed by atoms with E-state index in [4.69, 9.17) is 4.42 Å². The Bertz CT molecular complexity index is 820. The smallest absolute Gasteiger partial charge is 0.227 e. The van der Waals surface area contributed by atoms with Crippen molar-refractivity contribution in [1.82, 2.24) is 9.80 Å². The summed E-state index contributed by atoms with van der Waals surface area (Å²) in [5.74, 6) is 1.44. The van der Waals surface area contributed by atoms with Gasteiger partial charge in [-0.3, -0.25) is 9.59 Å². The molecule has 2 aromatic rings. The number of furan rings is 1. The van der Waals surface area contributed by atoms with Crippen molar-refractivity contribution in [2.45, 2.75) is 45.6 Å². The van der Waals surface area contributed by atoms with E-state index in [9.17, 15) is 9.59 Å². The minimum atomic E-state index is -0.207. The van der Waals surface area contributed by atoms with Gasteiger partial charge >= 0.3 is 0 Å². The van der Waals surface area contributed by atoms with Crippen molar-refractivity contribution < 1.29 is 14.0 Å². The molecule has 5 nitrogen and oxygen atoms in total. The average Bonchev–Trinajstić information content (AvgIpc) is 3.38. The first-order valence-corrected chi connectivity index (χ1v) is 10.7. The van der Waals surface area contributed by atoms with Crippen LogP contribution < -0.4 is 0 Å². The first kappa shape index (κ1) is 19.7. The SMILES string of the molecule is Cc1ccc(CCC2CCN(C(=O)C3CC(=O)N(Cc4ccco4)C3)CC2)cc1. The van der Waals surface area contributed by atoms with Crippen molar-refractivity contribution in [2.24, 2.45) is 11.8 Å². The van der Waals surface area contributed by atoms with E-state index >= 15 is 0 Å². The highest BCUT2D eigenvalue weighted by Gasteiger charge is 2.37. The predicted molar refractivity (Wildman–Crippen MR) is 111 cm³/mol. The second-order valence-electron chi connectivity index (χ2n) is 8.55. The molecular formula is C24H30N2O3. The lowest BCUT2D eigenvalue weighted by molar-refractivity contribution is -0.137. The molecule has 29 heavy (non-hydrogen) atoms. The van der Waals surface area contributed by atoms with Crippen LogP contribution in [0.5, 0.6) is 0 Å². The molecule has 2 amide bonds. The number of carbonyl (C=O) groups is 2. The number of rotatable bonds is 6. The monoisotopic (exact) mass is 394 g/mol. The van der Waals surface area contributed by atoms with Gasteiger partial charge in [-0.1, -0.05) is 29.8 Å². The molecule has 4 rings (SSSR count). The van der Waals surface area contributed by atoms with E-state index in [1.807, 2.05) is 17.0 Å². The highest BCUT2D eigenvalue weighted by molar-refractivity contribution is 5.89. The van der Waals surface area contributed by atoms with Crippen LogP contribution in [0.4, 0.5) is 0 Å². The fourth-order valence-electron chi connectivity index (χ4n) is 4.51. The molecule has 0 N–H and O–H groups in total. The van der Waals surface area contributed by atoms with E-state index in [1.54, 1.807) is 11.2 Å². The predicted octanol–water partition coefficient (Wildman–Crippen LogP) is 3.81. The highest BCUT2D eigenvalue weighted by atomic mass is 16.3. The summed E-state index contributed by atoms with van der Waals surface area (Å²) in [6, 6.07) is 12.5. The summed E-state index contributed by atoms with van der Waals surface area (Å²) in [4.78, 5) is 29.0. The summed E-state index contributed by atoms with van der Waals surface area (Å²) in [7, 11) is 0. The molecule has 154 valence electrons. The van der Waals surface area contributed by atoms with Gasteiger partial charge in [0.2, 0.25) is 11.8 Å². The molecule has 1 aromatic carbocycles. The van der Waals surface area contributed by atoms with Crippen LogP contribution in [0.25, 0.3) is 0 Å². The van der Waals surface area contributed by atoms with Crippen LogP contribution in [0.1, 0.15) is 42.6 Å². The van der Waals surface area contributed by atoms with Gasteiger partial charge < -0.3 is 14.2 Å². The number of hydrogen-bond donors (Lipinski definition) is 0. The van der Waals surface area contributed by atoms with Crippen LogP contribution >= 0.6 is 0 Å². The molecule has 1 unspecified atom stereocenters. The average molecular weight is 395 g/mol. The zero-order valence-electron chi connectivity index (χ0n) is 17.2. The first-order valence-electron chi connectivity index (χ1n) is 10.7. The van der Waals surface area contributed by atoms with Gasteiger partial charge in [-0.05, 0) is 56.2 Å². The molecule has 5 heteroatoms. The molecule has 2 saturated heterocycles. The van der Waals surface area contributed by atoms with Crippen molar-refractivity contribution in [2.75, 3.05) is 19.6 Å². The zero-order valence-corrected chi connectivity index (χ0v) is 17.2. The van der Waals surface area contributed by atoms with Crippen molar-refractivity contribution in [1.29, 1.82) is 0 Å². The zero-order chi connectivity index (χ0) is 20.2. The lowest BCUT2D eigenvalue weighted by atomic mass is 9.90. The van der Waals surface area contributed by atoms with Crippen LogP contribution in [-0.2, 0) is 22.6 Å². The second kappa shape index (κ2) is 8.85. The topological polar surface area (TPSA) is 53.8 Å². The second-order valence-corrected chi connectivity index (χ2v) is 8.55. The Balaban J connectivity index is 1.22. The fourth-order valence-corrected chi connectivity index (χ4v) is 4.51. The largest absolute Gasteiger partial charge is 0.467 e. The summed E-state index contributed by atoms with van der Waals surface area (Å²) < 4.78 is 5.34. The Morgan fingerprint density at radius 2 is 1.90 bits per heavy atom. The lowest BCUT2D eigenvalue weighted by Gasteiger charge is -2.33. The lowest BCUT2D eigenvalue weighted by Crippen LogP contribution is -2.42. The normalized spacial score (nSPS) is 20.4. The third-order valence-electron chi connectivity index (χ3n) is 6.38. The summed E-state index contributed by atoms with van der Waals surface area (Å²) >= 11 is 0. The van der Waals surface area contributed by atoms with E-state index in [-0.39, 0.29) is 17.7 Å². The highest BCUT2D eigenvalue weighted by Crippen LogP contribution is 2.27. The number of aryl methyl sites for hydroxylation is 2. The van der Waals surface area contributed by atoms with Gasteiger partial charge in [0.1, 0.15) is 5.76 Å². The molecule has 0 spiro atoms. The molecule has 0 radical (unpaired) electrons. The Morgan fingerprint density at radius 1 is 1.14 bits per heavy atom. The summed E-state index contributed by atoms with van der Waals surface area (Å²) in [6.07, 6.45) is 6.36. The number of likely N-dealkylation sites (tertiary alicyclic amines) is 2. The Labute approximate surface area is 172 Å². The standard InChI is InChI=1S/C24H30N2O3/c1-18-4-6-19(7-5-18)8-9-20-10-12-25(13-11-20)24(28)21-15-23(27)26(16-21)17-22-3-2-14-29-22/h2-7,14,20-21H,8-13,15-17H2,1H3. The minimum Gasteiger partial charge on any atom is -0.467 e. The van der Waals surface area contributed by atoms with Crippen LogP contribution in [0.3, 0.4) is 0 Å². The number of carbonyl (C=O) groups excluding carboxylic acids is 2. The van der Waals surface area contributed by atoms with E-state index in [1.165, 1.54) is 17.5 Å². The molecule has 0 aliphatic carbocycles. The summed E-state index contributed by atoms with van der Waals surface area (Å²) in [5, 5.41) is 0. The Hall–Kier alpha value is -2.56. The molecule has 0 bridgehead atoms. The quantitative estimate of drug-likeness (QED) is 0.749. The van der Waals surface area contributed by atoms with Crippen LogP contribution in [0.2, 0.25) is 0 Å².